The van der Waals surface area contributed by atoms with Crippen LogP contribution in [0.15, 0.2) is 5.10 Å². The van der Waals surface area contributed by atoms with Gasteiger partial charge in [0.05, 0.1) is 0 Å². The van der Waals surface area contributed by atoms with E-state index in [1.54, 1.807) is 0 Å². The van der Waals surface area contributed by atoms with Gasteiger partial charge in [-0.15, -0.1) is 0 Å². The third-order valence-electron chi connectivity index (χ3n) is 3.53. The number of hydrogen-bond donors (Lipinski definition) is 2. The molecule has 1 heterocycles. The average Bonchev–Trinajstić information content (AvgIpc) is 2.24. The predicted octanol–water partition coefficient (Wildman–Crippen LogP) is 0.701. The molecule has 2 aliphatic rings. The van der Waals surface area contributed by atoms with Gasteiger partial charge in [0.2, 0.25) is 5.91 Å². The number of amides is 2. The van der Waals surface area contributed by atoms with Crippen molar-refractivity contribution in [2.24, 2.45) is 5.10 Å². The number of nitrogens with one attached hydrogen (secondary N) is 2. The van der Waals surface area contributed by atoms with Crippen LogP contribution in [0.25, 0.3) is 0 Å². The Bertz CT molecular complexity index is 340. The van der Waals surface area contributed by atoms with E-state index in [1.165, 1.54) is 6.42 Å². The highest BCUT2D eigenvalue weighted by molar-refractivity contribution is 6.39. The zero-order chi connectivity index (χ0) is 11.6. The maximum absolute atomic E-state index is 11.9. The van der Waals surface area contributed by atoms with E-state index in [9.17, 15) is 9.59 Å². The molecule has 5 nitrogen and oxygen atoms in total. The second kappa shape index (κ2) is 4.23. The van der Waals surface area contributed by atoms with Crippen molar-refractivity contribution in [2.45, 2.75) is 51.0 Å². The summed E-state index contributed by atoms with van der Waals surface area (Å²) in [6.45, 7) is 2.09. The standard InChI is InChI=1S/C11H17N3O2/c1-2-11(6-3-7-11)12-10(16)8-4-5-9(15)14-13-8/h2-7H2,1H3,(H,12,16)(H,14,15). The largest absolute Gasteiger partial charge is 0.346 e. The number of carbonyl (C=O) groups is 2. The molecule has 1 aliphatic carbocycles. The van der Waals surface area contributed by atoms with Gasteiger partial charge in [0.1, 0.15) is 5.71 Å². The normalized spacial score (nSPS) is 22.8. The SMILES string of the molecule is CCC1(NC(=O)C2=NNC(=O)CC2)CCC1. The van der Waals surface area contributed by atoms with Crippen LogP contribution in [-0.2, 0) is 9.59 Å². The van der Waals surface area contributed by atoms with Crippen LogP contribution < -0.4 is 10.7 Å². The molecule has 2 amide bonds. The van der Waals surface area contributed by atoms with E-state index >= 15 is 0 Å². The number of hydrazone groups is 1. The van der Waals surface area contributed by atoms with Crippen molar-refractivity contribution in [2.75, 3.05) is 0 Å². The minimum Gasteiger partial charge on any atom is -0.346 e. The van der Waals surface area contributed by atoms with E-state index in [0.717, 1.165) is 19.3 Å². The summed E-state index contributed by atoms with van der Waals surface area (Å²) in [4.78, 5) is 22.8. The summed E-state index contributed by atoms with van der Waals surface area (Å²) in [5.74, 6) is -0.244. The van der Waals surface area contributed by atoms with Gasteiger partial charge in [-0.3, -0.25) is 9.59 Å². The van der Waals surface area contributed by atoms with Gasteiger partial charge in [-0.2, -0.15) is 5.10 Å². The Morgan fingerprint density at radius 3 is 2.69 bits per heavy atom. The molecular formula is C11H17N3O2. The smallest absolute Gasteiger partial charge is 0.267 e. The molecule has 0 bridgehead atoms. The molecule has 2 rings (SSSR count). The Balaban J connectivity index is 1.95. The van der Waals surface area contributed by atoms with Crippen LogP contribution in [0.5, 0.6) is 0 Å². The van der Waals surface area contributed by atoms with Crippen LogP contribution in [0, 0.1) is 0 Å². The Kier molecular flexibility index (Phi) is 2.94. The van der Waals surface area contributed by atoms with Gasteiger partial charge >= 0.3 is 0 Å². The van der Waals surface area contributed by atoms with Crippen molar-refractivity contribution >= 4 is 17.5 Å². The van der Waals surface area contributed by atoms with E-state index in [4.69, 9.17) is 0 Å². The van der Waals surface area contributed by atoms with Crippen molar-refractivity contribution < 1.29 is 9.59 Å². The summed E-state index contributed by atoms with van der Waals surface area (Å²) >= 11 is 0. The molecule has 5 heteroatoms. The monoisotopic (exact) mass is 223 g/mol. The molecule has 0 aromatic heterocycles. The van der Waals surface area contributed by atoms with Gasteiger partial charge in [0.15, 0.2) is 0 Å². The van der Waals surface area contributed by atoms with Crippen LogP contribution in [0.1, 0.15) is 45.4 Å². The summed E-state index contributed by atoms with van der Waals surface area (Å²) in [7, 11) is 0. The van der Waals surface area contributed by atoms with E-state index in [-0.39, 0.29) is 17.4 Å². The van der Waals surface area contributed by atoms with Crippen LogP contribution in [0.4, 0.5) is 0 Å². The van der Waals surface area contributed by atoms with Gasteiger partial charge in [0, 0.05) is 18.4 Å². The Morgan fingerprint density at radius 1 is 1.50 bits per heavy atom. The molecule has 2 N–H and O–H groups in total. The Morgan fingerprint density at radius 2 is 2.25 bits per heavy atom. The second-order valence-corrected chi connectivity index (χ2v) is 4.54. The van der Waals surface area contributed by atoms with Crippen LogP contribution in [0.2, 0.25) is 0 Å². The van der Waals surface area contributed by atoms with Gasteiger partial charge in [0.25, 0.3) is 5.91 Å². The zero-order valence-electron chi connectivity index (χ0n) is 9.51. The fourth-order valence-corrected chi connectivity index (χ4v) is 2.12. The highest BCUT2D eigenvalue weighted by Crippen LogP contribution is 2.34. The quantitative estimate of drug-likeness (QED) is 0.739. The first kappa shape index (κ1) is 11.1. The van der Waals surface area contributed by atoms with Crippen LogP contribution in [0.3, 0.4) is 0 Å². The fourth-order valence-electron chi connectivity index (χ4n) is 2.12. The average molecular weight is 223 g/mol. The van der Waals surface area contributed by atoms with Gasteiger partial charge in [-0.25, -0.2) is 5.43 Å². The summed E-state index contributed by atoms with van der Waals surface area (Å²) in [5.41, 5.74) is 2.77. The molecular weight excluding hydrogens is 206 g/mol. The fraction of sp³-hybridized carbons (Fsp3) is 0.727. The Hall–Kier alpha value is -1.39. The van der Waals surface area contributed by atoms with Crippen molar-refractivity contribution in [3.63, 3.8) is 0 Å². The minimum absolute atomic E-state index is 0.0128. The minimum atomic E-state index is -0.124. The molecule has 0 unspecified atom stereocenters. The number of carbonyl (C=O) groups excluding carboxylic acids is 2. The Labute approximate surface area is 94.7 Å². The molecule has 88 valence electrons. The maximum Gasteiger partial charge on any atom is 0.267 e. The summed E-state index contributed by atoms with van der Waals surface area (Å²) < 4.78 is 0. The number of rotatable bonds is 3. The van der Waals surface area contributed by atoms with Gasteiger partial charge in [-0.05, 0) is 25.7 Å². The summed E-state index contributed by atoms with van der Waals surface area (Å²) in [6.07, 6.45) is 5.03. The predicted molar refractivity (Wildman–Crippen MR) is 59.8 cm³/mol. The molecule has 16 heavy (non-hydrogen) atoms. The van der Waals surface area contributed by atoms with E-state index < -0.39 is 0 Å². The number of hydrogen-bond acceptors (Lipinski definition) is 3. The molecule has 1 saturated carbocycles. The van der Waals surface area contributed by atoms with Crippen LogP contribution in [-0.4, -0.2) is 23.1 Å². The highest BCUT2D eigenvalue weighted by Gasteiger charge is 2.37. The van der Waals surface area contributed by atoms with E-state index in [1.807, 2.05) is 0 Å². The van der Waals surface area contributed by atoms with E-state index in [2.05, 4.69) is 22.8 Å². The molecule has 0 atom stereocenters. The lowest BCUT2D eigenvalue weighted by molar-refractivity contribution is -0.121. The van der Waals surface area contributed by atoms with E-state index in [0.29, 0.717) is 18.6 Å². The van der Waals surface area contributed by atoms with Crippen molar-refractivity contribution in [3.05, 3.63) is 0 Å². The third-order valence-corrected chi connectivity index (χ3v) is 3.53. The lowest BCUT2D eigenvalue weighted by Crippen LogP contribution is -2.55. The summed E-state index contributed by atoms with van der Waals surface area (Å²) in [5, 5.41) is 6.84. The highest BCUT2D eigenvalue weighted by atomic mass is 16.2. The molecule has 0 aromatic rings. The first-order valence-corrected chi connectivity index (χ1v) is 5.83. The molecule has 0 aromatic carbocycles. The van der Waals surface area contributed by atoms with Gasteiger partial charge < -0.3 is 5.32 Å². The summed E-state index contributed by atoms with van der Waals surface area (Å²) in [6, 6.07) is 0. The third kappa shape index (κ3) is 2.08. The van der Waals surface area contributed by atoms with Crippen molar-refractivity contribution in [1.29, 1.82) is 0 Å². The first-order chi connectivity index (χ1) is 7.65. The number of nitrogens with zero attached hydrogens (tertiary/aromatic N) is 1. The molecule has 0 spiro atoms. The van der Waals surface area contributed by atoms with Crippen LogP contribution >= 0.6 is 0 Å². The van der Waals surface area contributed by atoms with Crippen molar-refractivity contribution in [3.8, 4) is 0 Å². The molecule has 1 fully saturated rings. The molecule has 0 saturated heterocycles. The lowest BCUT2D eigenvalue weighted by Gasteiger charge is -2.42. The lowest BCUT2D eigenvalue weighted by atomic mass is 9.74. The molecule has 0 radical (unpaired) electrons. The molecule has 1 aliphatic heterocycles. The zero-order valence-corrected chi connectivity index (χ0v) is 9.51. The second-order valence-electron chi connectivity index (χ2n) is 4.54. The maximum atomic E-state index is 11.9. The topological polar surface area (TPSA) is 70.6 Å². The first-order valence-electron chi connectivity index (χ1n) is 5.83. The van der Waals surface area contributed by atoms with Crippen molar-refractivity contribution in [1.82, 2.24) is 10.7 Å². The van der Waals surface area contributed by atoms with Gasteiger partial charge in [-0.1, -0.05) is 6.92 Å².